The number of rotatable bonds is 4. The zero-order valence-electron chi connectivity index (χ0n) is 11.1. The lowest BCUT2D eigenvalue weighted by atomic mass is 10.1. The summed E-state index contributed by atoms with van der Waals surface area (Å²) < 4.78 is 6.97. The molecule has 2 unspecified atom stereocenters. The van der Waals surface area contributed by atoms with Gasteiger partial charge in [-0.3, -0.25) is 4.90 Å². The Kier molecular flexibility index (Phi) is 4.41. The van der Waals surface area contributed by atoms with Gasteiger partial charge in [-0.05, 0) is 43.5 Å². The Morgan fingerprint density at radius 1 is 1.26 bits per heavy atom. The van der Waals surface area contributed by atoms with Gasteiger partial charge in [0, 0.05) is 35.8 Å². The minimum absolute atomic E-state index is 0.501. The van der Waals surface area contributed by atoms with Crippen LogP contribution >= 0.6 is 15.9 Å². The molecule has 3 nitrogen and oxygen atoms in total. The number of ether oxygens (including phenoxy) is 1. The van der Waals surface area contributed by atoms with E-state index in [-0.39, 0.29) is 0 Å². The summed E-state index contributed by atoms with van der Waals surface area (Å²) in [6, 6.07) is 9.04. The first-order valence-corrected chi connectivity index (χ1v) is 7.97. The van der Waals surface area contributed by atoms with Gasteiger partial charge in [-0.25, -0.2) is 0 Å². The van der Waals surface area contributed by atoms with E-state index in [1.165, 1.54) is 24.9 Å². The van der Waals surface area contributed by atoms with Crippen molar-refractivity contribution in [2.75, 3.05) is 31.6 Å². The maximum Gasteiger partial charge on any atom is 0.0730 e. The van der Waals surface area contributed by atoms with Gasteiger partial charge in [0.15, 0.2) is 0 Å². The first kappa shape index (κ1) is 13.4. The van der Waals surface area contributed by atoms with E-state index in [9.17, 15) is 0 Å². The molecule has 0 aromatic heterocycles. The molecule has 1 N–H and O–H groups in total. The fraction of sp³-hybridized carbons (Fsp3) is 0.600. The van der Waals surface area contributed by atoms with Crippen molar-refractivity contribution < 1.29 is 4.74 Å². The molecular weight excluding hydrogens is 304 g/mol. The summed E-state index contributed by atoms with van der Waals surface area (Å²) >= 11 is 3.46. The lowest BCUT2D eigenvalue weighted by Gasteiger charge is -2.37. The van der Waals surface area contributed by atoms with Crippen molar-refractivity contribution in [1.82, 2.24) is 4.90 Å². The summed E-state index contributed by atoms with van der Waals surface area (Å²) in [5.41, 5.74) is 1.19. The van der Waals surface area contributed by atoms with Crippen LogP contribution in [0.15, 0.2) is 28.7 Å². The van der Waals surface area contributed by atoms with Gasteiger partial charge >= 0.3 is 0 Å². The van der Waals surface area contributed by atoms with Crippen LogP contribution in [-0.2, 0) is 4.74 Å². The van der Waals surface area contributed by atoms with Crippen molar-refractivity contribution in [3.63, 3.8) is 0 Å². The van der Waals surface area contributed by atoms with Crippen LogP contribution in [0.25, 0.3) is 0 Å². The third-order valence-corrected chi connectivity index (χ3v) is 4.70. The molecule has 2 atom stereocenters. The number of hydrogen-bond donors (Lipinski definition) is 1. The number of hydrogen-bond acceptors (Lipinski definition) is 3. The molecule has 0 bridgehead atoms. The van der Waals surface area contributed by atoms with Crippen LogP contribution in [0.5, 0.6) is 0 Å². The molecule has 1 aromatic rings. The van der Waals surface area contributed by atoms with Crippen LogP contribution < -0.4 is 5.32 Å². The third kappa shape index (κ3) is 3.30. The van der Waals surface area contributed by atoms with Crippen LogP contribution in [0.2, 0.25) is 0 Å². The number of nitrogens with zero attached hydrogens (tertiary/aromatic N) is 1. The summed E-state index contributed by atoms with van der Waals surface area (Å²) in [5, 5.41) is 3.50. The molecule has 2 fully saturated rings. The van der Waals surface area contributed by atoms with Crippen LogP contribution in [-0.4, -0.2) is 43.3 Å². The van der Waals surface area contributed by atoms with E-state index in [0.717, 1.165) is 30.7 Å². The Morgan fingerprint density at radius 3 is 2.95 bits per heavy atom. The summed E-state index contributed by atoms with van der Waals surface area (Å²) in [6.45, 7) is 4.11. The normalized spacial score (nSPS) is 27.2. The average molecular weight is 325 g/mol. The van der Waals surface area contributed by atoms with Crippen molar-refractivity contribution in [2.24, 2.45) is 0 Å². The fourth-order valence-corrected chi connectivity index (χ4v) is 3.46. The van der Waals surface area contributed by atoms with E-state index in [0.29, 0.717) is 12.1 Å². The molecule has 104 valence electrons. The lowest BCUT2D eigenvalue weighted by molar-refractivity contribution is -0.0539. The molecule has 1 saturated carbocycles. The third-order valence-electron chi connectivity index (χ3n) is 4.17. The molecule has 1 aliphatic heterocycles. The van der Waals surface area contributed by atoms with Gasteiger partial charge in [0.05, 0.1) is 12.7 Å². The molecule has 1 heterocycles. The van der Waals surface area contributed by atoms with E-state index in [1.54, 1.807) is 0 Å². The zero-order valence-corrected chi connectivity index (χ0v) is 12.7. The Hall–Kier alpha value is -0.580. The van der Waals surface area contributed by atoms with Gasteiger partial charge in [-0.1, -0.05) is 15.9 Å². The number of fused-ring (bicyclic) bond motifs is 1. The second-order valence-corrected chi connectivity index (χ2v) is 6.29. The quantitative estimate of drug-likeness (QED) is 0.921. The highest BCUT2D eigenvalue weighted by molar-refractivity contribution is 9.10. The first-order chi connectivity index (χ1) is 9.33. The molecule has 1 aliphatic carbocycles. The standard InChI is InChI=1S/C15H21BrN2O/c16-12-4-6-13(7-5-12)17-8-9-18-10-11-19-15-3-1-2-14(15)18/h4-7,14-15,17H,1-3,8-11H2. The molecule has 3 rings (SSSR count). The maximum absolute atomic E-state index is 5.84. The number of benzene rings is 1. The molecule has 4 heteroatoms. The number of halogens is 1. The largest absolute Gasteiger partial charge is 0.384 e. The molecule has 0 radical (unpaired) electrons. The van der Waals surface area contributed by atoms with Gasteiger partial charge < -0.3 is 10.1 Å². The summed E-state index contributed by atoms with van der Waals surface area (Å²) in [7, 11) is 0. The molecule has 19 heavy (non-hydrogen) atoms. The Labute approximate surface area is 123 Å². The average Bonchev–Trinajstić information content (AvgIpc) is 2.90. The van der Waals surface area contributed by atoms with Gasteiger partial charge in [0.1, 0.15) is 0 Å². The fourth-order valence-electron chi connectivity index (χ4n) is 3.19. The lowest BCUT2D eigenvalue weighted by Crippen LogP contribution is -2.49. The Morgan fingerprint density at radius 2 is 2.11 bits per heavy atom. The Balaban J connectivity index is 1.48. The van der Waals surface area contributed by atoms with Crippen LogP contribution in [0, 0.1) is 0 Å². The van der Waals surface area contributed by atoms with Crippen molar-refractivity contribution >= 4 is 21.6 Å². The van der Waals surface area contributed by atoms with Gasteiger partial charge in [-0.15, -0.1) is 0 Å². The molecular formula is C15H21BrN2O. The minimum Gasteiger partial charge on any atom is -0.384 e. The van der Waals surface area contributed by atoms with Crippen molar-refractivity contribution in [3.8, 4) is 0 Å². The van der Waals surface area contributed by atoms with Gasteiger partial charge in [0.2, 0.25) is 0 Å². The highest BCUT2D eigenvalue weighted by Gasteiger charge is 2.35. The van der Waals surface area contributed by atoms with Gasteiger partial charge in [-0.2, -0.15) is 0 Å². The second kappa shape index (κ2) is 6.25. The topological polar surface area (TPSA) is 24.5 Å². The maximum atomic E-state index is 5.84. The van der Waals surface area contributed by atoms with Gasteiger partial charge in [0.25, 0.3) is 0 Å². The first-order valence-electron chi connectivity index (χ1n) is 7.18. The summed E-state index contributed by atoms with van der Waals surface area (Å²) in [4.78, 5) is 2.60. The number of anilines is 1. The zero-order chi connectivity index (χ0) is 13.1. The Bertz CT molecular complexity index is 409. The van der Waals surface area contributed by atoms with E-state index in [2.05, 4.69) is 50.4 Å². The van der Waals surface area contributed by atoms with E-state index in [1.807, 2.05) is 0 Å². The van der Waals surface area contributed by atoms with Crippen molar-refractivity contribution in [2.45, 2.75) is 31.4 Å². The monoisotopic (exact) mass is 324 g/mol. The van der Waals surface area contributed by atoms with E-state index >= 15 is 0 Å². The van der Waals surface area contributed by atoms with E-state index in [4.69, 9.17) is 4.74 Å². The predicted molar refractivity (Wildman–Crippen MR) is 81.6 cm³/mol. The summed E-state index contributed by atoms with van der Waals surface area (Å²) in [6.07, 6.45) is 4.39. The number of nitrogens with one attached hydrogen (secondary N) is 1. The summed E-state index contributed by atoms with van der Waals surface area (Å²) in [5.74, 6) is 0. The minimum atomic E-state index is 0.501. The molecule has 0 spiro atoms. The smallest absolute Gasteiger partial charge is 0.0730 e. The van der Waals surface area contributed by atoms with Crippen LogP contribution in [0.1, 0.15) is 19.3 Å². The SMILES string of the molecule is Brc1ccc(NCCN2CCOC3CCCC32)cc1. The van der Waals surface area contributed by atoms with E-state index < -0.39 is 0 Å². The molecule has 1 saturated heterocycles. The number of morpholine rings is 1. The highest BCUT2D eigenvalue weighted by atomic mass is 79.9. The van der Waals surface area contributed by atoms with Crippen LogP contribution in [0.4, 0.5) is 5.69 Å². The predicted octanol–water partition coefficient (Wildman–Crippen LogP) is 3.11. The van der Waals surface area contributed by atoms with Crippen LogP contribution in [0.3, 0.4) is 0 Å². The second-order valence-electron chi connectivity index (χ2n) is 5.38. The van der Waals surface area contributed by atoms with Crippen molar-refractivity contribution in [1.29, 1.82) is 0 Å². The molecule has 2 aliphatic rings. The molecule has 0 amide bonds. The highest BCUT2D eigenvalue weighted by Crippen LogP contribution is 2.29. The van der Waals surface area contributed by atoms with Crippen molar-refractivity contribution in [3.05, 3.63) is 28.7 Å². The molecule has 1 aromatic carbocycles.